The van der Waals surface area contributed by atoms with Crippen molar-refractivity contribution in [3.63, 3.8) is 0 Å². The molecule has 0 saturated carbocycles. The van der Waals surface area contributed by atoms with E-state index in [1.165, 1.54) is 5.69 Å². The van der Waals surface area contributed by atoms with Gasteiger partial charge in [0, 0.05) is 30.2 Å². The molecule has 7 heteroatoms. The normalized spacial score (nSPS) is 14.4. The molecule has 1 fully saturated rings. The van der Waals surface area contributed by atoms with Crippen molar-refractivity contribution in [3.05, 3.63) is 41.7 Å². The molecule has 132 valence electrons. The highest BCUT2D eigenvalue weighted by molar-refractivity contribution is 5.86. The minimum atomic E-state index is 0.549. The number of guanidine groups is 1. The molecule has 0 unspecified atom stereocenters. The van der Waals surface area contributed by atoms with Gasteiger partial charge in [0.15, 0.2) is 0 Å². The van der Waals surface area contributed by atoms with Gasteiger partial charge in [-0.05, 0) is 44.2 Å². The average molecular weight is 341 g/mol. The number of hydrogen-bond acceptors (Lipinski definition) is 4. The topological polar surface area (TPSA) is 79.3 Å². The van der Waals surface area contributed by atoms with Gasteiger partial charge in [-0.3, -0.25) is 10.3 Å². The Hall–Kier alpha value is -2.83. The van der Waals surface area contributed by atoms with Crippen LogP contribution in [0.2, 0.25) is 0 Å². The maximum absolute atomic E-state index is 6.22. The van der Waals surface area contributed by atoms with Gasteiger partial charge in [-0.15, -0.1) is 0 Å². The first-order valence-electron chi connectivity index (χ1n) is 8.41. The minimum absolute atomic E-state index is 0.549. The molecule has 0 aliphatic carbocycles. The van der Waals surface area contributed by atoms with Crippen molar-refractivity contribution in [2.24, 2.45) is 5.73 Å². The number of methoxy groups -OCH3 is 1. The molecule has 25 heavy (non-hydrogen) atoms. The van der Waals surface area contributed by atoms with E-state index in [1.807, 2.05) is 32.0 Å². The molecule has 2 aromatic rings. The van der Waals surface area contributed by atoms with Crippen LogP contribution in [-0.2, 0) is 0 Å². The highest BCUT2D eigenvalue weighted by Crippen LogP contribution is 2.19. The highest BCUT2D eigenvalue weighted by Gasteiger charge is 2.19. The molecule has 2 heterocycles. The smallest absolute Gasteiger partial charge is 0.351 e. The zero-order valence-corrected chi connectivity index (χ0v) is 15.0. The second kappa shape index (κ2) is 7.38. The van der Waals surface area contributed by atoms with Crippen molar-refractivity contribution in [2.75, 3.05) is 43.5 Å². The molecular formula is C18H25N6O+. The van der Waals surface area contributed by atoms with Crippen LogP contribution in [0.15, 0.2) is 30.3 Å². The lowest BCUT2D eigenvalue weighted by atomic mass is 10.2. The third-order valence-electron chi connectivity index (χ3n) is 4.28. The Kier molecular flexibility index (Phi) is 5.02. The lowest BCUT2D eigenvalue weighted by Crippen LogP contribution is -2.47. The van der Waals surface area contributed by atoms with E-state index >= 15 is 0 Å². The van der Waals surface area contributed by atoms with Crippen LogP contribution < -0.4 is 20.7 Å². The number of piperazine rings is 1. The summed E-state index contributed by atoms with van der Waals surface area (Å²) in [5.41, 5.74) is 9.26. The fourth-order valence-electron chi connectivity index (χ4n) is 2.97. The van der Waals surface area contributed by atoms with Gasteiger partial charge in [-0.25, -0.2) is 15.3 Å². The van der Waals surface area contributed by atoms with Gasteiger partial charge >= 0.3 is 5.96 Å². The molecule has 3 N–H and O–H groups in total. The first-order valence-corrected chi connectivity index (χ1v) is 8.41. The summed E-state index contributed by atoms with van der Waals surface area (Å²) in [5.74, 6) is 2.02. The van der Waals surface area contributed by atoms with Crippen molar-refractivity contribution < 1.29 is 9.31 Å². The number of aromatic nitrogens is 2. The number of rotatable bonds is 3. The summed E-state index contributed by atoms with van der Waals surface area (Å²) >= 11 is 0. The van der Waals surface area contributed by atoms with Gasteiger partial charge in [0.05, 0.1) is 20.2 Å². The number of nitrogens with zero attached hydrogens (tertiary/aromatic N) is 4. The Labute approximate surface area is 148 Å². The Morgan fingerprint density at radius 3 is 2.28 bits per heavy atom. The Balaban J connectivity index is 1.64. The minimum Gasteiger partial charge on any atom is -0.497 e. The summed E-state index contributed by atoms with van der Waals surface area (Å²) in [7, 11) is 1.68. The van der Waals surface area contributed by atoms with Crippen LogP contribution in [0, 0.1) is 13.8 Å². The van der Waals surface area contributed by atoms with Gasteiger partial charge in [0.2, 0.25) is 0 Å². The fourth-order valence-corrected chi connectivity index (χ4v) is 2.97. The Bertz CT molecular complexity index is 741. The van der Waals surface area contributed by atoms with Crippen LogP contribution in [0.1, 0.15) is 11.4 Å². The Morgan fingerprint density at radius 1 is 1.12 bits per heavy atom. The van der Waals surface area contributed by atoms with Crippen molar-refractivity contribution in [2.45, 2.75) is 13.8 Å². The van der Waals surface area contributed by atoms with Crippen LogP contribution in [0.4, 0.5) is 11.6 Å². The van der Waals surface area contributed by atoms with Crippen molar-refractivity contribution in [3.8, 4) is 5.75 Å². The lowest BCUT2D eigenvalue weighted by molar-refractivity contribution is -0.530. The number of ether oxygens (including phenoxy) is 1. The summed E-state index contributed by atoms with van der Waals surface area (Å²) < 4.78 is 7.34. The van der Waals surface area contributed by atoms with E-state index in [-0.39, 0.29) is 0 Å². The van der Waals surface area contributed by atoms with Gasteiger partial charge in [-0.1, -0.05) is 0 Å². The van der Waals surface area contributed by atoms with Crippen LogP contribution >= 0.6 is 0 Å². The van der Waals surface area contributed by atoms with E-state index in [1.54, 1.807) is 7.11 Å². The van der Waals surface area contributed by atoms with Crippen LogP contribution in [0.25, 0.3) is 0 Å². The van der Waals surface area contributed by atoms with E-state index in [0.717, 1.165) is 43.3 Å². The number of anilines is 2. The average Bonchev–Trinajstić information content (AvgIpc) is 2.61. The second-order valence-corrected chi connectivity index (χ2v) is 6.16. The standard InChI is InChI=1S/C18H24N6O/c1-13-12-14(2)21-18(20-13)22-17(19)24-10-8-23(9-11-24)15-4-6-16(25-3)7-5-15/h4-7,12H,8-11H2,1-3H3,(H2,19,20,21,22)/p+1. The maximum Gasteiger partial charge on any atom is 0.351 e. The lowest BCUT2D eigenvalue weighted by Gasteiger charge is -2.30. The third-order valence-corrected chi connectivity index (χ3v) is 4.28. The third kappa shape index (κ3) is 4.17. The number of hydrogen-bond donors (Lipinski definition) is 2. The van der Waals surface area contributed by atoms with Crippen molar-refractivity contribution in [1.29, 1.82) is 0 Å². The first-order chi connectivity index (χ1) is 12.0. The Morgan fingerprint density at radius 2 is 1.72 bits per heavy atom. The monoisotopic (exact) mass is 341 g/mol. The van der Waals surface area contributed by atoms with E-state index in [4.69, 9.17) is 10.5 Å². The molecule has 7 nitrogen and oxygen atoms in total. The van der Waals surface area contributed by atoms with Gasteiger partial charge in [-0.2, -0.15) is 0 Å². The number of benzene rings is 1. The van der Waals surface area contributed by atoms with E-state index in [9.17, 15) is 0 Å². The highest BCUT2D eigenvalue weighted by atomic mass is 16.5. The molecule has 0 spiro atoms. The summed E-state index contributed by atoms with van der Waals surface area (Å²) in [6.45, 7) is 7.39. The quantitative estimate of drug-likeness (QED) is 0.648. The van der Waals surface area contributed by atoms with Crippen LogP contribution in [0.5, 0.6) is 5.75 Å². The molecule has 0 amide bonds. The molecule has 3 rings (SSSR count). The predicted molar refractivity (Wildman–Crippen MR) is 99.5 cm³/mol. The maximum atomic E-state index is 6.22. The predicted octanol–water partition coefficient (Wildman–Crippen LogP) is 1.36. The summed E-state index contributed by atoms with van der Waals surface area (Å²) in [5, 5.41) is 3.13. The van der Waals surface area contributed by atoms with Crippen molar-refractivity contribution >= 4 is 17.6 Å². The zero-order valence-electron chi connectivity index (χ0n) is 15.0. The first kappa shape index (κ1) is 17.0. The van der Waals surface area contributed by atoms with Gasteiger partial charge in [0.1, 0.15) is 5.75 Å². The van der Waals surface area contributed by atoms with Crippen LogP contribution in [-0.4, -0.2) is 53.8 Å². The van der Waals surface area contributed by atoms with E-state index in [0.29, 0.717) is 11.9 Å². The second-order valence-electron chi connectivity index (χ2n) is 6.16. The summed E-state index contributed by atoms with van der Waals surface area (Å²) in [6, 6.07) is 10.1. The molecule has 0 atom stereocenters. The van der Waals surface area contributed by atoms with Crippen molar-refractivity contribution in [1.82, 2.24) is 9.97 Å². The van der Waals surface area contributed by atoms with Gasteiger partial charge < -0.3 is 9.64 Å². The molecular weight excluding hydrogens is 316 g/mol. The zero-order chi connectivity index (χ0) is 17.8. The van der Waals surface area contributed by atoms with E-state index in [2.05, 4.69) is 36.9 Å². The fraction of sp³-hybridized carbons (Fsp3) is 0.389. The molecule has 0 radical (unpaired) electrons. The summed E-state index contributed by atoms with van der Waals surface area (Å²) in [4.78, 5) is 11.1. The van der Waals surface area contributed by atoms with E-state index < -0.39 is 0 Å². The molecule has 1 aromatic heterocycles. The molecule has 0 bridgehead atoms. The number of nitrogens with two attached hydrogens (primary N) is 1. The summed E-state index contributed by atoms with van der Waals surface area (Å²) in [6.07, 6.45) is 0. The van der Waals surface area contributed by atoms with Gasteiger partial charge in [0.25, 0.3) is 5.95 Å². The SMILES string of the molecule is COc1ccc(N2CC[N+](=C(N)Nc3nc(C)cc(C)n3)CC2)cc1. The molecule has 1 saturated heterocycles. The molecule has 1 aliphatic rings. The molecule has 1 aliphatic heterocycles. The number of aryl methyl sites for hydroxylation is 2. The number of nitrogens with one attached hydrogen (secondary N) is 1. The van der Waals surface area contributed by atoms with Crippen LogP contribution in [0.3, 0.4) is 0 Å². The molecule has 1 aromatic carbocycles. The largest absolute Gasteiger partial charge is 0.497 e.